The molecule has 0 aliphatic heterocycles. The van der Waals surface area contributed by atoms with Crippen LogP contribution in [0.5, 0.6) is 0 Å². The number of rotatable bonds is 1. The van der Waals surface area contributed by atoms with Gasteiger partial charge in [0.2, 0.25) is 0 Å². The van der Waals surface area contributed by atoms with Crippen molar-refractivity contribution in [3.8, 4) is 0 Å². The molecule has 1 rings (SSSR count). The van der Waals surface area contributed by atoms with E-state index in [0.29, 0.717) is 0 Å². The highest BCUT2D eigenvalue weighted by atomic mass is 127. The molecule has 0 saturated carbocycles. The van der Waals surface area contributed by atoms with Crippen molar-refractivity contribution in [3.63, 3.8) is 0 Å². The topological polar surface area (TPSA) is 20.2 Å². The summed E-state index contributed by atoms with van der Waals surface area (Å²) in [4.78, 5) is 0. The minimum absolute atomic E-state index is 0.147. The Morgan fingerprint density at radius 2 is 1.73 bits per heavy atom. The number of aliphatic hydroxyl groups is 1. The van der Waals surface area contributed by atoms with Gasteiger partial charge in [0.05, 0.1) is 6.61 Å². The smallest absolute Gasteiger partial charge is 0.0686 e. The molecule has 0 amide bonds. The van der Waals surface area contributed by atoms with Crippen LogP contribution in [0.4, 0.5) is 0 Å². The fraction of sp³-hybridized carbons (Fsp3) is 0.333. The van der Waals surface area contributed by atoms with Gasteiger partial charge in [0.15, 0.2) is 0 Å². The Morgan fingerprint density at radius 3 is 2.09 bits per heavy atom. The summed E-state index contributed by atoms with van der Waals surface area (Å²) in [5, 5.41) is 8.99. The Bertz CT molecular complexity index is 245. The molecule has 1 aromatic rings. The summed E-state index contributed by atoms with van der Waals surface area (Å²) in [6.45, 7) is 4.20. The molecule has 1 aromatic carbocycles. The molecule has 0 bridgehead atoms. The van der Waals surface area contributed by atoms with E-state index in [-0.39, 0.29) is 6.61 Å². The maximum absolute atomic E-state index is 8.99. The Kier molecular flexibility index (Phi) is 2.90. The highest BCUT2D eigenvalue weighted by molar-refractivity contribution is 14.1. The lowest BCUT2D eigenvalue weighted by molar-refractivity contribution is 0.280. The van der Waals surface area contributed by atoms with Crippen LogP contribution in [0, 0.1) is 17.4 Å². The summed E-state index contributed by atoms with van der Waals surface area (Å²) < 4.78 is 1.23. The van der Waals surface area contributed by atoms with E-state index >= 15 is 0 Å². The average molecular weight is 262 g/mol. The molecule has 0 fully saturated rings. The van der Waals surface area contributed by atoms with Crippen LogP contribution in [0.25, 0.3) is 0 Å². The zero-order valence-corrected chi connectivity index (χ0v) is 8.84. The molecule has 0 heterocycles. The molecule has 0 aliphatic carbocycles. The summed E-state index contributed by atoms with van der Waals surface area (Å²) >= 11 is 2.28. The first-order valence-corrected chi connectivity index (χ1v) is 4.59. The third kappa shape index (κ3) is 1.93. The van der Waals surface area contributed by atoms with Crippen molar-refractivity contribution in [3.05, 3.63) is 32.4 Å². The highest BCUT2D eigenvalue weighted by Gasteiger charge is 2.01. The lowest BCUT2D eigenvalue weighted by Gasteiger charge is -2.06. The summed E-state index contributed by atoms with van der Waals surface area (Å²) in [5.74, 6) is 0. The first-order chi connectivity index (χ1) is 5.15. The first-order valence-electron chi connectivity index (χ1n) is 3.51. The summed E-state index contributed by atoms with van der Waals surface area (Å²) in [6.07, 6.45) is 0. The molecule has 60 valence electrons. The normalized spacial score (nSPS) is 10.2. The van der Waals surface area contributed by atoms with Crippen LogP contribution in [0.15, 0.2) is 12.1 Å². The second kappa shape index (κ2) is 3.54. The quantitative estimate of drug-likeness (QED) is 0.770. The van der Waals surface area contributed by atoms with E-state index in [1.54, 1.807) is 0 Å². The maximum atomic E-state index is 8.99. The van der Waals surface area contributed by atoms with Crippen LogP contribution < -0.4 is 0 Å². The summed E-state index contributed by atoms with van der Waals surface area (Å²) in [5.41, 5.74) is 3.42. The van der Waals surface area contributed by atoms with Gasteiger partial charge in [-0.3, -0.25) is 0 Å². The molecule has 0 aliphatic rings. The number of aliphatic hydroxyl groups excluding tert-OH is 1. The third-order valence-corrected chi connectivity index (χ3v) is 2.44. The highest BCUT2D eigenvalue weighted by Crippen LogP contribution is 2.17. The minimum Gasteiger partial charge on any atom is -0.392 e. The first kappa shape index (κ1) is 9.00. The molecule has 1 N–H and O–H groups in total. The number of hydrogen-bond acceptors (Lipinski definition) is 1. The minimum atomic E-state index is 0.147. The van der Waals surface area contributed by atoms with Crippen molar-refractivity contribution in [2.24, 2.45) is 0 Å². The predicted octanol–water partition coefficient (Wildman–Crippen LogP) is 2.40. The van der Waals surface area contributed by atoms with Crippen LogP contribution >= 0.6 is 22.6 Å². The van der Waals surface area contributed by atoms with Crippen LogP contribution in [0.1, 0.15) is 16.7 Å². The van der Waals surface area contributed by atoms with E-state index < -0.39 is 0 Å². The standard InChI is InChI=1S/C9H11IO/c1-6-3-8(10)4-7(2)9(6)5-11/h3-4,11H,5H2,1-2H3. The fourth-order valence-corrected chi connectivity index (χ4v) is 2.12. The van der Waals surface area contributed by atoms with E-state index in [0.717, 1.165) is 5.56 Å². The van der Waals surface area contributed by atoms with Gasteiger partial charge >= 0.3 is 0 Å². The van der Waals surface area contributed by atoms with E-state index in [1.807, 2.05) is 13.8 Å². The average Bonchev–Trinajstić information content (AvgIpc) is 1.85. The van der Waals surface area contributed by atoms with E-state index in [4.69, 9.17) is 5.11 Å². The summed E-state index contributed by atoms with van der Waals surface area (Å²) in [6, 6.07) is 4.16. The van der Waals surface area contributed by atoms with Crippen molar-refractivity contribution in [2.45, 2.75) is 20.5 Å². The van der Waals surface area contributed by atoms with Gasteiger partial charge in [-0.15, -0.1) is 0 Å². The van der Waals surface area contributed by atoms with Crippen molar-refractivity contribution < 1.29 is 5.11 Å². The largest absolute Gasteiger partial charge is 0.392 e. The Balaban J connectivity index is 3.25. The molecule has 0 saturated heterocycles. The Morgan fingerprint density at radius 1 is 1.27 bits per heavy atom. The van der Waals surface area contributed by atoms with Crippen molar-refractivity contribution >= 4 is 22.6 Å². The lowest BCUT2D eigenvalue weighted by atomic mass is 10.0. The van der Waals surface area contributed by atoms with E-state index in [2.05, 4.69) is 34.7 Å². The van der Waals surface area contributed by atoms with E-state index in [1.165, 1.54) is 14.7 Å². The Labute approximate surface area is 80.6 Å². The number of halogens is 1. The molecular weight excluding hydrogens is 251 g/mol. The van der Waals surface area contributed by atoms with Crippen molar-refractivity contribution in [1.82, 2.24) is 0 Å². The summed E-state index contributed by atoms with van der Waals surface area (Å²) in [7, 11) is 0. The maximum Gasteiger partial charge on any atom is 0.0686 e. The van der Waals surface area contributed by atoms with Gasteiger partial charge < -0.3 is 5.11 Å². The van der Waals surface area contributed by atoms with Crippen molar-refractivity contribution in [2.75, 3.05) is 0 Å². The predicted molar refractivity (Wildman–Crippen MR) is 54.6 cm³/mol. The number of aryl methyl sites for hydroxylation is 2. The molecule has 0 unspecified atom stereocenters. The lowest BCUT2D eigenvalue weighted by Crippen LogP contribution is -1.93. The van der Waals surface area contributed by atoms with Gasteiger partial charge in [0.25, 0.3) is 0 Å². The monoisotopic (exact) mass is 262 g/mol. The van der Waals surface area contributed by atoms with Crippen LogP contribution in [0.3, 0.4) is 0 Å². The zero-order chi connectivity index (χ0) is 8.43. The van der Waals surface area contributed by atoms with Crippen LogP contribution in [0.2, 0.25) is 0 Å². The van der Waals surface area contributed by atoms with Crippen LogP contribution in [-0.2, 0) is 6.61 Å². The molecular formula is C9H11IO. The van der Waals surface area contributed by atoms with E-state index in [9.17, 15) is 0 Å². The Hall–Kier alpha value is -0.0900. The second-order valence-electron chi connectivity index (χ2n) is 2.68. The molecule has 2 heteroatoms. The van der Waals surface area contributed by atoms with Gasteiger partial charge in [-0.1, -0.05) is 0 Å². The number of hydrogen-bond donors (Lipinski definition) is 1. The molecule has 1 nitrogen and oxygen atoms in total. The van der Waals surface area contributed by atoms with Crippen molar-refractivity contribution in [1.29, 1.82) is 0 Å². The van der Waals surface area contributed by atoms with Gasteiger partial charge in [0.1, 0.15) is 0 Å². The number of benzene rings is 1. The van der Waals surface area contributed by atoms with Gasteiger partial charge in [-0.25, -0.2) is 0 Å². The van der Waals surface area contributed by atoms with Crippen LogP contribution in [-0.4, -0.2) is 5.11 Å². The van der Waals surface area contributed by atoms with Gasteiger partial charge in [0, 0.05) is 3.57 Å². The fourth-order valence-electron chi connectivity index (χ4n) is 1.19. The third-order valence-electron chi connectivity index (χ3n) is 1.82. The molecule has 0 atom stereocenters. The zero-order valence-electron chi connectivity index (χ0n) is 6.69. The molecule has 11 heavy (non-hydrogen) atoms. The SMILES string of the molecule is Cc1cc(I)cc(C)c1CO. The molecule has 0 spiro atoms. The molecule has 0 aromatic heterocycles. The molecule has 0 radical (unpaired) electrons. The second-order valence-corrected chi connectivity index (χ2v) is 3.92. The van der Waals surface area contributed by atoms with Gasteiger partial charge in [-0.05, 0) is 65.3 Å². The van der Waals surface area contributed by atoms with Gasteiger partial charge in [-0.2, -0.15) is 0 Å².